The molecule has 0 radical (unpaired) electrons. The molecule has 5 fully saturated rings. The second kappa shape index (κ2) is 6.90. The van der Waals surface area contributed by atoms with E-state index in [1.54, 1.807) is 6.21 Å². The first-order chi connectivity index (χ1) is 13.9. The van der Waals surface area contributed by atoms with Gasteiger partial charge in [0, 0.05) is 12.1 Å². The summed E-state index contributed by atoms with van der Waals surface area (Å²) in [7, 11) is 0. The van der Waals surface area contributed by atoms with Gasteiger partial charge in [0.25, 0.3) is 0 Å². The van der Waals surface area contributed by atoms with Gasteiger partial charge in [-0.15, -0.1) is 0 Å². The van der Waals surface area contributed by atoms with Crippen molar-refractivity contribution in [2.75, 3.05) is 6.54 Å². The fourth-order valence-corrected chi connectivity index (χ4v) is 8.98. The van der Waals surface area contributed by atoms with Crippen molar-refractivity contribution in [2.24, 2.45) is 68.7 Å². The number of fused-ring (bicyclic) bond motifs is 7. The summed E-state index contributed by atoms with van der Waals surface area (Å²) >= 11 is 0. The van der Waals surface area contributed by atoms with E-state index in [9.17, 15) is 9.90 Å². The molecular weight excluding hydrogens is 362 g/mol. The van der Waals surface area contributed by atoms with E-state index in [2.05, 4.69) is 17.0 Å². The van der Waals surface area contributed by atoms with Gasteiger partial charge in [-0.25, -0.2) is 0 Å². The standard InChI is InChI=1S/C24H37N3O2/c1-23(29)7-5-15-14(12-23)3-4-17-16(15)6-8-24(2)21(17)18-11-19(18)22(24)20(28)13-26-9-10-27-25/h9-10,14-19,21-22,29H,3-8,11-13,25H2,1-2H3/t14-,15+,16-,17-,18-,19+,21-,22-,23-,24+/m1/s1. The molecule has 0 amide bonds. The minimum Gasteiger partial charge on any atom is -0.390 e. The maximum atomic E-state index is 13.1. The maximum absolute atomic E-state index is 13.1. The third kappa shape index (κ3) is 3.10. The van der Waals surface area contributed by atoms with Gasteiger partial charge in [0.1, 0.15) is 0 Å². The van der Waals surface area contributed by atoms with E-state index in [0.29, 0.717) is 11.7 Å². The maximum Gasteiger partial charge on any atom is 0.158 e. The number of Topliss-reactive ketones (excluding diaryl/α,β-unsaturated/α-hetero) is 1. The fraction of sp³-hybridized carbons (Fsp3) is 0.875. The summed E-state index contributed by atoms with van der Waals surface area (Å²) in [6.45, 7) is 4.75. The Morgan fingerprint density at radius 3 is 2.62 bits per heavy atom. The Morgan fingerprint density at radius 2 is 1.83 bits per heavy atom. The Morgan fingerprint density at radius 1 is 1.03 bits per heavy atom. The van der Waals surface area contributed by atoms with Crippen molar-refractivity contribution in [3.05, 3.63) is 0 Å². The van der Waals surface area contributed by atoms with Crippen LogP contribution in [0.25, 0.3) is 0 Å². The summed E-state index contributed by atoms with van der Waals surface area (Å²) in [5.74, 6) is 10.9. The number of hydrazone groups is 1. The molecule has 0 unspecified atom stereocenters. The van der Waals surface area contributed by atoms with Gasteiger partial charge < -0.3 is 10.9 Å². The number of nitrogens with two attached hydrogens (primary N) is 1. The molecule has 5 heteroatoms. The number of aliphatic imine (C=N–C) groups is 1. The molecule has 0 aliphatic heterocycles. The molecule has 0 bridgehead atoms. The first-order valence-corrected chi connectivity index (χ1v) is 11.8. The van der Waals surface area contributed by atoms with Crippen molar-refractivity contribution in [3.8, 4) is 0 Å². The van der Waals surface area contributed by atoms with Gasteiger partial charge >= 0.3 is 0 Å². The lowest BCUT2D eigenvalue weighted by molar-refractivity contribution is -0.134. The van der Waals surface area contributed by atoms with E-state index in [1.165, 1.54) is 44.7 Å². The van der Waals surface area contributed by atoms with Crippen LogP contribution in [0.4, 0.5) is 0 Å². The van der Waals surface area contributed by atoms with Gasteiger partial charge in [0.15, 0.2) is 5.78 Å². The highest BCUT2D eigenvalue weighted by atomic mass is 16.3. The summed E-state index contributed by atoms with van der Waals surface area (Å²) in [4.78, 5) is 17.4. The van der Waals surface area contributed by atoms with E-state index >= 15 is 0 Å². The lowest BCUT2D eigenvalue weighted by atomic mass is 9.48. The Balaban J connectivity index is 1.34. The molecule has 5 aliphatic rings. The molecule has 5 saturated carbocycles. The summed E-state index contributed by atoms with van der Waals surface area (Å²) in [6, 6.07) is 0. The predicted octanol–water partition coefficient (Wildman–Crippen LogP) is 3.45. The van der Waals surface area contributed by atoms with Crippen LogP contribution in [0.3, 0.4) is 0 Å². The van der Waals surface area contributed by atoms with Crippen molar-refractivity contribution < 1.29 is 9.90 Å². The molecule has 0 aromatic heterocycles. The van der Waals surface area contributed by atoms with Crippen LogP contribution in [0.2, 0.25) is 0 Å². The quantitative estimate of drug-likeness (QED) is 0.431. The molecule has 0 aromatic rings. The van der Waals surface area contributed by atoms with Gasteiger partial charge in [-0.3, -0.25) is 9.79 Å². The first-order valence-electron chi connectivity index (χ1n) is 11.8. The minimum absolute atomic E-state index is 0.177. The highest BCUT2D eigenvalue weighted by Crippen LogP contribution is 2.74. The topological polar surface area (TPSA) is 88.0 Å². The fourth-order valence-electron chi connectivity index (χ4n) is 8.98. The zero-order valence-corrected chi connectivity index (χ0v) is 18.0. The van der Waals surface area contributed by atoms with Gasteiger partial charge in [-0.05, 0) is 105 Å². The number of hydrogen-bond acceptors (Lipinski definition) is 5. The Kier molecular flexibility index (Phi) is 4.69. The van der Waals surface area contributed by atoms with Crippen molar-refractivity contribution in [2.45, 2.75) is 70.8 Å². The molecule has 5 aliphatic carbocycles. The van der Waals surface area contributed by atoms with E-state index in [0.717, 1.165) is 48.3 Å². The molecule has 29 heavy (non-hydrogen) atoms. The minimum atomic E-state index is -0.446. The number of nitrogens with zero attached hydrogens (tertiary/aromatic N) is 2. The highest BCUT2D eigenvalue weighted by molar-refractivity contribution is 6.16. The summed E-state index contributed by atoms with van der Waals surface area (Å²) in [5.41, 5.74) is -0.269. The van der Waals surface area contributed by atoms with Crippen molar-refractivity contribution in [1.82, 2.24) is 0 Å². The van der Waals surface area contributed by atoms with E-state index in [1.807, 2.05) is 6.92 Å². The molecule has 5 rings (SSSR count). The second-order valence-electron chi connectivity index (χ2n) is 11.4. The van der Waals surface area contributed by atoms with Crippen LogP contribution in [-0.2, 0) is 4.79 Å². The van der Waals surface area contributed by atoms with Gasteiger partial charge in [0.05, 0.1) is 18.4 Å². The first kappa shape index (κ1) is 19.7. The predicted molar refractivity (Wildman–Crippen MR) is 115 cm³/mol. The molecule has 160 valence electrons. The monoisotopic (exact) mass is 399 g/mol. The van der Waals surface area contributed by atoms with Crippen LogP contribution in [0, 0.1) is 52.8 Å². The molecule has 3 N–H and O–H groups in total. The molecule has 0 spiro atoms. The lowest BCUT2D eigenvalue weighted by Crippen LogP contribution is -2.52. The van der Waals surface area contributed by atoms with Crippen molar-refractivity contribution in [1.29, 1.82) is 0 Å². The number of aliphatic hydroxyl groups is 1. The van der Waals surface area contributed by atoms with Gasteiger partial charge in [0.2, 0.25) is 0 Å². The second-order valence-corrected chi connectivity index (χ2v) is 11.4. The third-order valence-corrected chi connectivity index (χ3v) is 9.88. The zero-order valence-electron chi connectivity index (χ0n) is 18.0. The van der Waals surface area contributed by atoms with Crippen LogP contribution < -0.4 is 5.84 Å². The number of ketones is 1. The Bertz CT molecular complexity index is 732. The molecular formula is C24H37N3O2. The van der Waals surface area contributed by atoms with Crippen LogP contribution in [-0.4, -0.2) is 35.5 Å². The smallest absolute Gasteiger partial charge is 0.158 e. The van der Waals surface area contributed by atoms with Crippen LogP contribution in [0.15, 0.2) is 10.1 Å². The Hall–Kier alpha value is -1.23. The van der Waals surface area contributed by atoms with Crippen molar-refractivity contribution in [3.63, 3.8) is 0 Å². The molecule has 0 saturated heterocycles. The largest absolute Gasteiger partial charge is 0.390 e. The summed E-state index contributed by atoms with van der Waals surface area (Å²) in [6.07, 6.45) is 12.5. The third-order valence-electron chi connectivity index (χ3n) is 9.88. The van der Waals surface area contributed by atoms with Crippen LogP contribution in [0.5, 0.6) is 0 Å². The molecule has 0 aromatic carbocycles. The Labute approximate surface area is 174 Å². The van der Waals surface area contributed by atoms with E-state index in [-0.39, 0.29) is 17.9 Å². The van der Waals surface area contributed by atoms with Gasteiger partial charge in [-0.2, -0.15) is 5.10 Å². The summed E-state index contributed by atoms with van der Waals surface area (Å²) in [5, 5.41) is 14.0. The number of rotatable bonds is 4. The number of hydrogen-bond donors (Lipinski definition) is 2. The van der Waals surface area contributed by atoms with E-state index < -0.39 is 5.60 Å². The molecule has 5 nitrogen and oxygen atoms in total. The van der Waals surface area contributed by atoms with Crippen LogP contribution in [0.1, 0.15) is 65.2 Å². The van der Waals surface area contributed by atoms with Gasteiger partial charge in [-0.1, -0.05) is 6.92 Å². The number of carbonyl (C=O) groups is 1. The molecule has 10 atom stereocenters. The summed E-state index contributed by atoms with van der Waals surface area (Å²) < 4.78 is 0. The van der Waals surface area contributed by atoms with E-state index in [4.69, 9.17) is 5.84 Å². The average Bonchev–Trinajstić information content (AvgIpc) is 3.38. The zero-order chi connectivity index (χ0) is 20.4. The SMILES string of the molecule is C[C@@]1(O)CC[C@H]2[C@H](CC[C@@H]3[C@@H]2CC[C@@]2(C)[C@H]3[C@@H]3C[C@@H]3[C@@H]2C(=O)CN=CC=NN)C1. The van der Waals surface area contributed by atoms with Crippen LogP contribution >= 0.6 is 0 Å². The average molecular weight is 400 g/mol. The lowest BCUT2D eigenvalue weighted by Gasteiger charge is -2.57. The molecule has 0 heterocycles. The normalized spacial score (nSPS) is 53.3. The number of carbonyl (C=O) groups excluding carboxylic acids is 1. The highest BCUT2D eigenvalue weighted by Gasteiger charge is 2.70. The van der Waals surface area contributed by atoms with Crippen molar-refractivity contribution >= 4 is 18.2 Å².